The van der Waals surface area contributed by atoms with Gasteiger partial charge in [-0.1, -0.05) is 104 Å². The number of thiophene rings is 2. The van der Waals surface area contributed by atoms with Crippen LogP contribution in [0.5, 0.6) is 0 Å². The first-order chi connectivity index (χ1) is 27.2. The molecule has 2 aliphatic heterocycles. The molecule has 0 bridgehead atoms. The summed E-state index contributed by atoms with van der Waals surface area (Å²) in [4.78, 5) is 35.4. The number of amides is 2. The maximum Gasteiger partial charge on any atom is 0.261 e. The third-order valence-corrected chi connectivity index (χ3v) is 13.0. The number of hydrogen-bond acceptors (Lipinski definition) is 4. The lowest BCUT2D eigenvalue weighted by molar-refractivity contribution is -0.124. The van der Waals surface area contributed by atoms with Crippen LogP contribution in [0.15, 0.2) is 71.8 Å². The van der Waals surface area contributed by atoms with E-state index in [1.165, 1.54) is 98.3 Å². The van der Waals surface area contributed by atoms with Crippen LogP contribution in [-0.4, -0.2) is 34.7 Å². The van der Waals surface area contributed by atoms with Gasteiger partial charge < -0.3 is 9.80 Å². The molecule has 2 aliphatic rings. The zero-order valence-corrected chi connectivity index (χ0v) is 34.2. The highest BCUT2D eigenvalue weighted by molar-refractivity contribution is 7.17. The third-order valence-electron chi connectivity index (χ3n) is 10.7. The van der Waals surface area contributed by atoms with E-state index in [9.17, 15) is 27.2 Å². The molecule has 2 aromatic heterocycles. The summed E-state index contributed by atoms with van der Waals surface area (Å²) in [5.41, 5.74) is 2.21. The van der Waals surface area contributed by atoms with Crippen molar-refractivity contribution in [2.45, 2.75) is 117 Å². The molecular weight excluding hydrogens is 753 g/mol. The highest BCUT2D eigenvalue weighted by Crippen LogP contribution is 2.50. The lowest BCUT2D eigenvalue weighted by atomic mass is 10.1. The number of halogens is 4. The third kappa shape index (κ3) is 9.56. The summed E-state index contributed by atoms with van der Waals surface area (Å²) in [6.07, 6.45) is 17.4. The molecule has 298 valence electrons. The maximum absolute atomic E-state index is 15.0. The number of carbonyl (C=O) groups excluding carboxylic acids is 2. The van der Waals surface area contributed by atoms with Gasteiger partial charge in [0, 0.05) is 46.1 Å². The van der Waals surface area contributed by atoms with Crippen LogP contribution in [0.1, 0.15) is 126 Å². The molecular formula is C46H52F4N2O2S2. The molecule has 0 aliphatic carbocycles. The highest BCUT2D eigenvalue weighted by atomic mass is 32.1. The van der Waals surface area contributed by atoms with E-state index < -0.39 is 23.3 Å². The largest absolute Gasteiger partial charge is 0.306 e. The minimum atomic E-state index is -0.684. The van der Waals surface area contributed by atoms with E-state index >= 15 is 0 Å². The van der Waals surface area contributed by atoms with Crippen LogP contribution in [0.4, 0.5) is 17.6 Å². The topological polar surface area (TPSA) is 40.6 Å². The number of unbranched alkanes of at least 4 members (excludes halogenated alkanes) is 14. The van der Waals surface area contributed by atoms with Gasteiger partial charge in [-0.2, -0.15) is 0 Å². The molecule has 2 amide bonds. The molecule has 0 N–H and O–H groups in total. The smallest absolute Gasteiger partial charge is 0.261 e. The Hall–Kier alpha value is -4.02. The van der Waals surface area contributed by atoms with Crippen LogP contribution in [0.25, 0.3) is 32.3 Å². The molecule has 2 aromatic carbocycles. The van der Waals surface area contributed by atoms with E-state index in [1.54, 1.807) is 21.9 Å². The fraction of sp³-hybridized carbons (Fsp3) is 0.435. The Morgan fingerprint density at radius 3 is 1.14 bits per heavy atom. The summed E-state index contributed by atoms with van der Waals surface area (Å²) in [5, 5.41) is 0. The molecule has 10 heteroatoms. The monoisotopic (exact) mass is 804 g/mol. The van der Waals surface area contributed by atoms with E-state index in [1.807, 2.05) is 12.1 Å². The van der Waals surface area contributed by atoms with Crippen molar-refractivity contribution in [2.75, 3.05) is 13.1 Å². The summed E-state index contributed by atoms with van der Waals surface area (Å²) in [6, 6.07) is 14.1. The summed E-state index contributed by atoms with van der Waals surface area (Å²) in [5.74, 6) is -3.22. The molecule has 4 heterocycles. The zero-order chi connectivity index (χ0) is 39.6. The number of rotatable bonds is 22. The van der Waals surface area contributed by atoms with E-state index in [-0.39, 0.29) is 22.9 Å². The average Bonchev–Trinajstić information content (AvgIpc) is 3.96. The molecule has 0 saturated heterocycles. The maximum atomic E-state index is 15.0. The van der Waals surface area contributed by atoms with Gasteiger partial charge >= 0.3 is 0 Å². The molecule has 4 aromatic rings. The SMILES string of the molecule is CCCCCCCCCCN1C(=O)C2=C(c3ccc(-c4ccc(F)cc4F)s3)N(CCCCCCCCCC)C(=O)C2=C1c1ccc(-c2ccc(F)cc2F)s1. The Morgan fingerprint density at radius 1 is 0.446 bits per heavy atom. The average molecular weight is 805 g/mol. The Kier molecular flexibility index (Phi) is 14.8. The van der Waals surface area contributed by atoms with Gasteiger partial charge in [-0.15, -0.1) is 22.7 Å². The summed E-state index contributed by atoms with van der Waals surface area (Å²) >= 11 is 2.55. The summed E-state index contributed by atoms with van der Waals surface area (Å²) in [6.45, 7) is 5.24. The Morgan fingerprint density at radius 2 is 0.786 bits per heavy atom. The molecule has 4 nitrogen and oxygen atoms in total. The molecule has 0 spiro atoms. The number of fused-ring (bicyclic) bond motifs is 1. The van der Waals surface area contributed by atoms with Crippen molar-refractivity contribution in [1.29, 1.82) is 0 Å². The Balaban J connectivity index is 1.37. The van der Waals surface area contributed by atoms with Crippen LogP contribution in [-0.2, 0) is 9.59 Å². The quantitative estimate of drug-likeness (QED) is 0.0586. The molecule has 0 saturated carbocycles. The van der Waals surface area contributed by atoms with Crippen molar-refractivity contribution in [1.82, 2.24) is 9.80 Å². The summed E-state index contributed by atoms with van der Waals surface area (Å²) in [7, 11) is 0. The second-order valence-corrected chi connectivity index (χ2v) is 17.1. The molecule has 6 rings (SSSR count). The van der Waals surface area contributed by atoms with Gasteiger partial charge in [0.05, 0.1) is 32.3 Å². The normalized spacial score (nSPS) is 14.3. The highest BCUT2D eigenvalue weighted by Gasteiger charge is 2.49. The van der Waals surface area contributed by atoms with Crippen LogP contribution >= 0.6 is 22.7 Å². The second kappa shape index (κ2) is 19.9. The first-order valence-electron chi connectivity index (χ1n) is 20.5. The standard InChI is InChI=1S/C46H52F4N2O2S2/c1-3-5-7-9-11-13-15-17-27-51-43(39-25-23-37(55-39)33-21-19-31(47)29-35(33)49)41-42(45(51)53)44(52(46(41)54)28-18-16-14-12-10-8-6-4-2)40-26-24-38(56-40)34-22-20-32(48)30-36(34)50/h19-26,29-30H,3-18,27-28H2,1-2H3. The van der Waals surface area contributed by atoms with E-state index in [2.05, 4.69) is 13.8 Å². The van der Waals surface area contributed by atoms with Crippen LogP contribution < -0.4 is 0 Å². The van der Waals surface area contributed by atoms with E-state index in [0.29, 0.717) is 55.1 Å². The summed E-state index contributed by atoms with van der Waals surface area (Å²) < 4.78 is 57.6. The van der Waals surface area contributed by atoms with Gasteiger partial charge in [0.2, 0.25) is 0 Å². The molecule has 0 fully saturated rings. The number of hydrogen-bond donors (Lipinski definition) is 0. The van der Waals surface area contributed by atoms with Gasteiger partial charge in [-0.25, -0.2) is 17.6 Å². The second-order valence-electron chi connectivity index (χ2n) is 14.9. The van der Waals surface area contributed by atoms with Crippen molar-refractivity contribution in [2.24, 2.45) is 0 Å². The number of carbonyl (C=O) groups is 2. The zero-order valence-electron chi connectivity index (χ0n) is 32.5. The van der Waals surface area contributed by atoms with E-state index in [0.717, 1.165) is 63.5 Å². The predicted octanol–water partition coefficient (Wildman–Crippen LogP) is 13.8. The Labute approximate surface area is 336 Å². The molecule has 0 atom stereocenters. The molecule has 56 heavy (non-hydrogen) atoms. The lowest BCUT2D eigenvalue weighted by Crippen LogP contribution is -2.30. The van der Waals surface area contributed by atoms with Gasteiger partial charge in [-0.05, 0) is 61.4 Å². The first-order valence-corrected chi connectivity index (χ1v) is 22.1. The van der Waals surface area contributed by atoms with Gasteiger partial charge in [0.15, 0.2) is 0 Å². The van der Waals surface area contributed by atoms with Gasteiger partial charge in [0.25, 0.3) is 11.8 Å². The van der Waals surface area contributed by atoms with Crippen molar-refractivity contribution in [3.63, 3.8) is 0 Å². The van der Waals surface area contributed by atoms with Crippen molar-refractivity contribution < 1.29 is 27.2 Å². The first kappa shape index (κ1) is 41.6. The van der Waals surface area contributed by atoms with Crippen molar-refractivity contribution in [3.8, 4) is 20.9 Å². The minimum Gasteiger partial charge on any atom is -0.306 e. The van der Waals surface area contributed by atoms with Crippen LogP contribution in [0.3, 0.4) is 0 Å². The predicted molar refractivity (Wildman–Crippen MR) is 222 cm³/mol. The van der Waals surface area contributed by atoms with Gasteiger partial charge in [-0.3, -0.25) is 9.59 Å². The number of benzene rings is 2. The van der Waals surface area contributed by atoms with E-state index in [4.69, 9.17) is 0 Å². The molecule has 0 radical (unpaired) electrons. The molecule has 0 unspecified atom stereocenters. The fourth-order valence-electron chi connectivity index (χ4n) is 7.74. The van der Waals surface area contributed by atoms with Crippen molar-refractivity contribution in [3.05, 3.63) is 105 Å². The lowest BCUT2D eigenvalue weighted by Gasteiger charge is -2.24. The van der Waals surface area contributed by atoms with Crippen LogP contribution in [0.2, 0.25) is 0 Å². The van der Waals surface area contributed by atoms with Crippen LogP contribution in [0, 0.1) is 23.3 Å². The van der Waals surface area contributed by atoms with Crippen molar-refractivity contribution >= 4 is 45.9 Å². The Bertz CT molecular complexity index is 1920. The van der Waals surface area contributed by atoms with Gasteiger partial charge in [0.1, 0.15) is 23.3 Å². The number of nitrogens with zero attached hydrogens (tertiary/aromatic N) is 2. The minimum absolute atomic E-state index is 0.247. The fourth-order valence-corrected chi connectivity index (χ4v) is 9.93.